The summed E-state index contributed by atoms with van der Waals surface area (Å²) in [6.45, 7) is -0.264. The number of hydrogen-bond donors (Lipinski definition) is 2. The number of benzene rings is 2. The average Bonchev–Trinajstić information content (AvgIpc) is 2.73. The predicted octanol–water partition coefficient (Wildman–Crippen LogP) is 3.72. The van der Waals surface area contributed by atoms with Crippen LogP contribution in [0.15, 0.2) is 36.4 Å². The molecule has 170 valence electrons. The highest BCUT2D eigenvalue weighted by molar-refractivity contribution is 6.30. The molecule has 3 saturated carbocycles. The van der Waals surface area contributed by atoms with Crippen molar-refractivity contribution in [3.05, 3.63) is 58.6 Å². The number of methoxy groups -OCH3 is 1. The third kappa shape index (κ3) is 4.65. The van der Waals surface area contributed by atoms with Gasteiger partial charge < -0.3 is 20.1 Å². The molecule has 0 aromatic heterocycles. The Morgan fingerprint density at radius 3 is 2.47 bits per heavy atom. The fourth-order valence-electron chi connectivity index (χ4n) is 4.43. The fourth-order valence-corrected chi connectivity index (χ4v) is 4.55. The molecule has 5 rings (SSSR count). The first-order chi connectivity index (χ1) is 15.4. The first-order valence-electron chi connectivity index (χ1n) is 10.4. The van der Waals surface area contributed by atoms with Crippen LogP contribution in [0.3, 0.4) is 0 Å². The normalized spacial score (nSPS) is 23.6. The molecule has 6 nitrogen and oxygen atoms in total. The number of nitrogens with one attached hydrogen (secondary N) is 2. The van der Waals surface area contributed by atoms with Gasteiger partial charge in [-0.1, -0.05) is 17.7 Å². The second kappa shape index (κ2) is 9.32. The number of ether oxygens (including phenoxy) is 2. The van der Waals surface area contributed by atoms with E-state index in [1.807, 2.05) is 0 Å². The van der Waals surface area contributed by atoms with E-state index in [2.05, 4.69) is 10.6 Å². The van der Waals surface area contributed by atoms with E-state index in [4.69, 9.17) is 21.1 Å². The second-order valence-electron chi connectivity index (χ2n) is 8.17. The van der Waals surface area contributed by atoms with Crippen LogP contribution in [0.1, 0.15) is 29.6 Å². The summed E-state index contributed by atoms with van der Waals surface area (Å²) < 4.78 is 38.2. The SMILES string of the molecule is COc1cccc(C(=O)N[C@@H]2CC(NC(=O)COc3ccc(Cl)c(F)c3)C3CC2C3)c1F. The topological polar surface area (TPSA) is 76.7 Å². The summed E-state index contributed by atoms with van der Waals surface area (Å²) >= 11 is 5.64. The highest BCUT2D eigenvalue weighted by Gasteiger charge is 2.47. The third-order valence-corrected chi connectivity index (χ3v) is 6.52. The number of halogens is 3. The van der Waals surface area contributed by atoms with Gasteiger partial charge in [-0.25, -0.2) is 8.78 Å². The van der Waals surface area contributed by atoms with Crippen molar-refractivity contribution in [3.63, 3.8) is 0 Å². The van der Waals surface area contributed by atoms with Crippen LogP contribution in [0.5, 0.6) is 11.5 Å². The van der Waals surface area contributed by atoms with Gasteiger partial charge in [0.15, 0.2) is 18.2 Å². The van der Waals surface area contributed by atoms with Crippen LogP contribution in [-0.4, -0.2) is 37.6 Å². The molecule has 2 aromatic rings. The van der Waals surface area contributed by atoms with Gasteiger partial charge in [-0.05, 0) is 55.4 Å². The van der Waals surface area contributed by atoms with Gasteiger partial charge in [0.2, 0.25) is 0 Å². The van der Waals surface area contributed by atoms with Gasteiger partial charge in [0.05, 0.1) is 17.7 Å². The maximum Gasteiger partial charge on any atom is 0.258 e. The molecule has 3 aliphatic rings. The quantitative estimate of drug-likeness (QED) is 0.655. The van der Waals surface area contributed by atoms with Crippen LogP contribution in [0, 0.1) is 23.5 Å². The van der Waals surface area contributed by atoms with Gasteiger partial charge in [0.1, 0.15) is 11.6 Å². The maximum atomic E-state index is 14.4. The summed E-state index contributed by atoms with van der Waals surface area (Å²) in [4.78, 5) is 25.0. The summed E-state index contributed by atoms with van der Waals surface area (Å²) in [5, 5.41) is 5.84. The summed E-state index contributed by atoms with van der Waals surface area (Å²) in [6.07, 6.45) is 2.30. The van der Waals surface area contributed by atoms with Crippen molar-refractivity contribution >= 4 is 23.4 Å². The van der Waals surface area contributed by atoms with Gasteiger partial charge in [0.25, 0.3) is 11.8 Å². The Morgan fingerprint density at radius 1 is 1.06 bits per heavy atom. The molecule has 2 aromatic carbocycles. The summed E-state index contributed by atoms with van der Waals surface area (Å²) in [6, 6.07) is 8.10. The molecule has 2 bridgehead atoms. The summed E-state index contributed by atoms with van der Waals surface area (Å²) in [5.74, 6) is -1.30. The van der Waals surface area contributed by atoms with Crippen molar-refractivity contribution in [1.82, 2.24) is 10.6 Å². The van der Waals surface area contributed by atoms with Crippen molar-refractivity contribution in [1.29, 1.82) is 0 Å². The molecule has 0 saturated heterocycles. The van der Waals surface area contributed by atoms with Crippen LogP contribution >= 0.6 is 11.6 Å². The molecule has 0 heterocycles. The minimum Gasteiger partial charge on any atom is -0.494 e. The Morgan fingerprint density at radius 2 is 1.78 bits per heavy atom. The van der Waals surface area contributed by atoms with Crippen LogP contribution < -0.4 is 20.1 Å². The zero-order chi connectivity index (χ0) is 22.8. The first kappa shape index (κ1) is 22.3. The molecular weight excluding hydrogens is 442 g/mol. The van der Waals surface area contributed by atoms with Crippen LogP contribution in [0.4, 0.5) is 8.78 Å². The van der Waals surface area contributed by atoms with Crippen molar-refractivity contribution < 1.29 is 27.8 Å². The van der Waals surface area contributed by atoms with Crippen molar-refractivity contribution in [2.45, 2.75) is 31.3 Å². The van der Waals surface area contributed by atoms with Crippen LogP contribution in [-0.2, 0) is 4.79 Å². The van der Waals surface area contributed by atoms with Crippen molar-refractivity contribution in [2.75, 3.05) is 13.7 Å². The van der Waals surface area contributed by atoms with E-state index in [1.54, 1.807) is 6.07 Å². The first-order valence-corrected chi connectivity index (χ1v) is 10.7. The van der Waals surface area contributed by atoms with Gasteiger partial charge in [-0.15, -0.1) is 0 Å². The summed E-state index contributed by atoms with van der Waals surface area (Å²) in [7, 11) is 1.34. The third-order valence-electron chi connectivity index (χ3n) is 6.21. The second-order valence-corrected chi connectivity index (χ2v) is 8.57. The van der Waals surface area contributed by atoms with E-state index in [0.717, 1.165) is 18.9 Å². The molecule has 3 aliphatic carbocycles. The summed E-state index contributed by atoms with van der Waals surface area (Å²) in [5.41, 5.74) is -0.0741. The van der Waals surface area contributed by atoms with Gasteiger partial charge in [-0.3, -0.25) is 9.59 Å². The predicted molar refractivity (Wildman–Crippen MR) is 114 cm³/mol. The van der Waals surface area contributed by atoms with Crippen LogP contribution in [0.2, 0.25) is 5.02 Å². The lowest BCUT2D eigenvalue weighted by molar-refractivity contribution is -0.125. The molecule has 32 heavy (non-hydrogen) atoms. The zero-order valence-corrected chi connectivity index (χ0v) is 18.1. The number of carbonyl (C=O) groups is 2. The van der Waals surface area contributed by atoms with E-state index in [0.29, 0.717) is 18.3 Å². The van der Waals surface area contributed by atoms with E-state index in [-0.39, 0.29) is 46.7 Å². The van der Waals surface area contributed by atoms with Gasteiger partial charge >= 0.3 is 0 Å². The number of carbonyl (C=O) groups excluding carboxylic acids is 2. The van der Waals surface area contributed by atoms with E-state index in [1.165, 1.54) is 31.4 Å². The minimum absolute atomic E-state index is 0.00992. The van der Waals surface area contributed by atoms with Crippen molar-refractivity contribution in [3.8, 4) is 11.5 Å². The molecule has 0 radical (unpaired) electrons. The molecule has 1 unspecified atom stereocenters. The maximum absolute atomic E-state index is 14.4. The molecule has 9 heteroatoms. The molecule has 2 amide bonds. The smallest absolute Gasteiger partial charge is 0.258 e. The lowest BCUT2D eigenvalue weighted by Gasteiger charge is -2.51. The Labute approximate surface area is 189 Å². The molecule has 3 fully saturated rings. The zero-order valence-electron chi connectivity index (χ0n) is 17.4. The number of hydrogen-bond acceptors (Lipinski definition) is 4. The lowest BCUT2D eigenvalue weighted by Crippen LogP contribution is -2.60. The number of fused-ring (bicyclic) bond motifs is 2. The Hall–Kier alpha value is -2.87. The molecular formula is C23H23ClF2N2O4. The number of rotatable bonds is 7. The van der Waals surface area contributed by atoms with E-state index < -0.39 is 17.5 Å². The highest BCUT2D eigenvalue weighted by atomic mass is 35.5. The average molecular weight is 465 g/mol. The minimum atomic E-state index is -0.699. The highest BCUT2D eigenvalue weighted by Crippen LogP contribution is 2.46. The van der Waals surface area contributed by atoms with Gasteiger partial charge in [-0.2, -0.15) is 0 Å². The molecule has 0 spiro atoms. The monoisotopic (exact) mass is 464 g/mol. The largest absolute Gasteiger partial charge is 0.494 e. The molecule has 2 N–H and O–H groups in total. The molecule has 2 atom stereocenters. The number of amides is 2. The van der Waals surface area contributed by atoms with Gasteiger partial charge in [0, 0.05) is 18.2 Å². The fraction of sp³-hybridized carbons (Fsp3) is 0.391. The standard InChI is InChI=1S/C23H23ClF2N2O4/c1-31-20-4-2-3-15(22(20)26)23(30)28-19-10-18(12-7-13(19)8-12)27-21(29)11-32-14-5-6-16(24)17(25)9-14/h2-6,9,12-13,18-19H,7-8,10-11H2,1H3,(H,27,29)(H,28,30)/t12?,13?,18?,19-/m1/s1. The Balaban J connectivity index is 1.32. The van der Waals surface area contributed by atoms with E-state index >= 15 is 0 Å². The lowest BCUT2D eigenvalue weighted by atomic mass is 9.60. The Bertz CT molecular complexity index is 1030. The van der Waals surface area contributed by atoms with Crippen LogP contribution in [0.25, 0.3) is 0 Å². The Kier molecular flexibility index (Phi) is 6.50. The van der Waals surface area contributed by atoms with Crippen molar-refractivity contribution in [2.24, 2.45) is 11.8 Å². The van der Waals surface area contributed by atoms with E-state index in [9.17, 15) is 18.4 Å². The molecule has 0 aliphatic heterocycles.